The maximum Gasteiger partial charge on any atom is 0.532 e. The Bertz CT molecular complexity index is 2850. The van der Waals surface area contributed by atoms with Crippen LogP contribution in [0.2, 0.25) is 58.9 Å². The van der Waals surface area contributed by atoms with Crippen LogP contribution in [0.1, 0.15) is 53.4 Å². The van der Waals surface area contributed by atoms with Crippen molar-refractivity contribution >= 4 is 218 Å². The Morgan fingerprint density at radius 2 is 0.581 bits per heavy atom. The van der Waals surface area contributed by atoms with E-state index >= 15 is 0 Å². The van der Waals surface area contributed by atoms with E-state index in [0.717, 1.165) is 5.70 Å². The Morgan fingerprint density at radius 3 is 0.802 bits per heavy atom. The van der Waals surface area contributed by atoms with Crippen molar-refractivity contribution in [2.75, 3.05) is 33.0 Å². The van der Waals surface area contributed by atoms with Crippen molar-refractivity contribution in [3.63, 3.8) is 0 Å². The van der Waals surface area contributed by atoms with Crippen molar-refractivity contribution in [2.24, 2.45) is 0 Å². The van der Waals surface area contributed by atoms with Crippen molar-refractivity contribution in [2.45, 2.75) is 123 Å². The first-order chi connectivity index (χ1) is 35.8. The smallest absolute Gasteiger partial charge is 0.532 e. The maximum atomic E-state index is 12.4. The second-order valence-electron chi connectivity index (χ2n) is 18.0. The van der Waals surface area contributed by atoms with Gasteiger partial charge in [-0.05, 0) is 25.3 Å². The predicted molar refractivity (Wildman–Crippen MR) is 342 cm³/mol. The molecule has 3 N–H and O–H groups in total. The molecule has 0 amide bonds. The molecule has 31 nitrogen and oxygen atoms in total. The average Bonchev–Trinajstić information content (AvgIpc) is 3.38. The Kier molecular flexibility index (Phi) is 63.4. The van der Waals surface area contributed by atoms with E-state index in [1.165, 1.54) is 19.6 Å². The molecule has 0 aromatic heterocycles. The standard InChI is InChI=1S/C9H18O5.C6H18O16Si17.C5H12O10Si11.7CH4.H2/c1-2-3-13-6-9(12)7-14-5-8(11)4-10;1-38(2,3)22-23(7)24(8)25(9)26(10)27(11)28(12)29(13)30(14)31(15)32(16)33(17)34(18)35(19)36(20)37(21)39(4,5)6;1-5-16(6)17(7)18(8)19(9)20(10)21(11)22(12)23(13)24(14)25(15)26(2,3)4;;;;;;;;/h2,8-12H,1,3-7H2;1-6H3;5H,1H2,2-4H3;7*1H4;1H. The van der Waals surface area contributed by atoms with Gasteiger partial charge in [0.2, 0.25) is 8.32 Å². The van der Waals surface area contributed by atoms with Gasteiger partial charge in [-0.2, -0.15) is 0 Å². The summed E-state index contributed by atoms with van der Waals surface area (Å²) in [6.07, 6.45) is -0.0274. The zero-order valence-electron chi connectivity index (χ0n) is 43.0. The highest BCUT2D eigenvalue weighted by Gasteiger charge is 2.56. The van der Waals surface area contributed by atoms with E-state index in [9.17, 15) is 117 Å². The van der Waals surface area contributed by atoms with Gasteiger partial charge in [-0.25, -0.2) is 0 Å². The van der Waals surface area contributed by atoms with Gasteiger partial charge in [0.15, 0.2) is 0 Å². The summed E-state index contributed by atoms with van der Waals surface area (Å²) in [7, 11) is -100. The normalized spacial score (nSPS) is 10.5. The summed E-state index contributed by atoms with van der Waals surface area (Å²) < 4.78 is 319. The minimum Gasteiger partial charge on any atom is -0.578 e. The molecule has 86 heavy (non-hydrogen) atoms. The molecule has 0 bridgehead atoms. The van der Waals surface area contributed by atoms with Gasteiger partial charge < -0.3 is 140 Å². The summed E-state index contributed by atoms with van der Waals surface area (Å²) >= 11 is 0. The van der Waals surface area contributed by atoms with Crippen molar-refractivity contribution in [1.82, 2.24) is 0 Å². The van der Waals surface area contributed by atoms with E-state index in [1.807, 2.05) is 0 Å². The molecule has 0 fully saturated rings. The van der Waals surface area contributed by atoms with Crippen molar-refractivity contribution in [3.8, 4) is 0 Å². The van der Waals surface area contributed by atoms with Gasteiger partial charge >= 0.3 is 194 Å². The fraction of sp³-hybridized carbons (Fsp3) is 0.852. The quantitative estimate of drug-likeness (QED) is 0.0302. The first kappa shape index (κ1) is 108. The van der Waals surface area contributed by atoms with Crippen molar-refractivity contribution in [1.29, 1.82) is 0 Å². The van der Waals surface area contributed by atoms with Gasteiger partial charge in [0.25, 0.3) is 0 Å². The zero-order valence-corrected chi connectivity index (χ0v) is 71.0. The lowest BCUT2D eigenvalue weighted by Gasteiger charge is -2.16. The van der Waals surface area contributed by atoms with Crippen LogP contribution in [0.3, 0.4) is 0 Å². The Labute approximate surface area is 535 Å². The minimum absolute atomic E-state index is 0. The third-order valence-corrected chi connectivity index (χ3v) is 213. The highest BCUT2D eigenvalue weighted by Crippen LogP contribution is 2.04. The van der Waals surface area contributed by atoms with Crippen LogP contribution in [0, 0.1) is 0 Å². The Balaban J connectivity index is -0.000000116. The highest BCUT2D eigenvalue weighted by molar-refractivity contribution is 7.82. The molecular formula is C27H78O31Si28. The lowest BCUT2D eigenvalue weighted by Crippen LogP contribution is -2.57. The van der Waals surface area contributed by atoms with Crippen molar-refractivity contribution < 1.29 is 142 Å². The summed E-state index contributed by atoms with van der Waals surface area (Å²) in [6, 6.07) is 0. The summed E-state index contributed by atoms with van der Waals surface area (Å²) in [5, 5.41) is 26.6. The third kappa shape index (κ3) is 37.7. The molecule has 0 radical (unpaired) electrons. The molecule has 0 heterocycles. The van der Waals surface area contributed by atoms with Crippen LogP contribution in [0.4, 0.5) is 0 Å². The molecule has 0 aromatic carbocycles. The van der Waals surface area contributed by atoms with Crippen molar-refractivity contribution in [3.05, 3.63) is 24.9 Å². The predicted octanol–water partition coefficient (Wildman–Crippen LogP) is -4.15. The number of aliphatic hydroxyl groups is 3. The monoisotopic (exact) mass is 1680 g/mol. The molecule has 59 heteroatoms. The van der Waals surface area contributed by atoms with Crippen LogP contribution in [0.25, 0.3) is 0 Å². The van der Waals surface area contributed by atoms with Crippen LogP contribution in [-0.4, -0.2) is 278 Å². The lowest BCUT2D eigenvalue weighted by molar-refractivity contribution is -0.0450. The molecule has 484 valence electrons. The molecule has 0 aliphatic rings. The largest absolute Gasteiger partial charge is 0.578 e. The van der Waals surface area contributed by atoms with Crippen LogP contribution in [0.5, 0.6) is 0 Å². The first-order valence-electron chi connectivity index (χ1n) is 21.4. The summed E-state index contributed by atoms with van der Waals surface area (Å²) in [5.41, 5.74) is 0.784. The second-order valence-corrected chi connectivity index (χ2v) is 158. The molecular weight excluding hydrogens is 1610 g/mol. The van der Waals surface area contributed by atoms with Crippen LogP contribution < -0.4 is 0 Å². The number of rotatable bonds is 37. The Hall–Kier alpha value is 0.153. The number of aliphatic hydroxyl groups excluding tert-OH is 3. The zero-order chi connectivity index (χ0) is 63.2. The average molecular weight is 1690 g/mol. The molecule has 0 saturated heterocycles. The molecule has 0 aromatic rings. The van der Waals surface area contributed by atoms with E-state index < -0.39 is 230 Å². The van der Waals surface area contributed by atoms with Gasteiger partial charge in [0.1, 0.15) is 27.4 Å². The van der Waals surface area contributed by atoms with Gasteiger partial charge in [0.05, 0.1) is 33.0 Å². The van der Waals surface area contributed by atoms with Crippen LogP contribution in [-0.2, 0) is 125 Å². The second kappa shape index (κ2) is 50.6. The Morgan fingerprint density at radius 1 is 0.360 bits per heavy atom. The fourth-order valence-electron chi connectivity index (χ4n) is 3.99. The third-order valence-electron chi connectivity index (χ3n) is 8.06. The van der Waals surface area contributed by atoms with E-state index in [1.54, 1.807) is 45.4 Å². The topological polar surface area (TPSA) is 515 Å². The molecule has 0 aliphatic carbocycles. The first-order valence-corrected chi connectivity index (χ1v) is 92.0. The van der Waals surface area contributed by atoms with E-state index in [2.05, 4.69) is 13.2 Å². The number of ether oxygens (including phenoxy) is 2. The summed E-state index contributed by atoms with van der Waals surface area (Å²) in [4.78, 5) is 0. The summed E-state index contributed by atoms with van der Waals surface area (Å²) in [5.74, 6) is 0. The molecule has 0 spiro atoms. The molecule has 0 saturated carbocycles. The van der Waals surface area contributed by atoms with Crippen LogP contribution >= 0.6 is 0 Å². The highest BCUT2D eigenvalue weighted by atomic mass is 30.1. The van der Waals surface area contributed by atoms with E-state index in [0.29, 0.717) is 6.61 Å². The summed E-state index contributed by atoms with van der Waals surface area (Å²) in [6.45, 7) is 21.0. The maximum absolute atomic E-state index is 12.4. The van der Waals surface area contributed by atoms with Gasteiger partial charge in [-0.1, -0.05) is 97.3 Å². The SMILES string of the molecule is C.C.C.C.C.C.C.C=CCOCC(O)COCC(O)CO.C=C[Si](=O)[Si](=O)[Si](=O)[Si](=O)[Si](=O)[Si](=O)[Si](=O)[Si](=O)[Si](=O)[Si](=O)[Si](C)(C)C.C[Si](C)(C)O[Si](=O)[Si](=O)[Si](=O)[Si](=O)[Si](=O)[Si](=O)[Si](=O)[Si](=O)[Si](=O)[Si](=O)[Si](=O)[Si](=O)[Si](=O)[Si](=O)[Si](=O)[Si](C)(C)C.[HH]. The lowest BCUT2D eigenvalue weighted by atomic mass is 10.4. The number of hydrogen-bond acceptors (Lipinski definition) is 31. The molecule has 2 unspecified atom stereocenters. The van der Waals surface area contributed by atoms with Gasteiger partial charge in [0, 0.05) is 1.43 Å². The molecule has 0 rings (SSSR count). The fourth-order valence-corrected chi connectivity index (χ4v) is 294. The van der Waals surface area contributed by atoms with E-state index in [4.69, 9.17) is 23.8 Å². The van der Waals surface area contributed by atoms with Crippen LogP contribution in [0.15, 0.2) is 24.9 Å². The van der Waals surface area contributed by atoms with Gasteiger partial charge in [-0.3, -0.25) is 0 Å². The molecule has 2 atom stereocenters. The van der Waals surface area contributed by atoms with E-state index in [-0.39, 0.29) is 79.8 Å². The number of hydrogen-bond donors (Lipinski definition) is 3. The molecule has 0 aliphatic heterocycles. The minimum atomic E-state index is -4.20. The van der Waals surface area contributed by atoms with Gasteiger partial charge in [-0.15, -0.1) is 13.2 Å².